The molecule has 0 amide bonds. The highest BCUT2D eigenvalue weighted by molar-refractivity contribution is 6.01. The van der Waals surface area contributed by atoms with Crippen molar-refractivity contribution in [1.29, 1.82) is 0 Å². The maximum absolute atomic E-state index is 12.9. The van der Waals surface area contributed by atoms with Gasteiger partial charge in [0.15, 0.2) is 5.78 Å². The van der Waals surface area contributed by atoms with E-state index < -0.39 is 0 Å². The Balaban J connectivity index is 1.96. The minimum absolute atomic E-state index is 0.133. The van der Waals surface area contributed by atoms with E-state index in [1.54, 1.807) is 0 Å². The molecule has 1 fully saturated rings. The summed E-state index contributed by atoms with van der Waals surface area (Å²) in [5.41, 5.74) is 2.15. The highest BCUT2D eigenvalue weighted by Gasteiger charge is 2.40. The van der Waals surface area contributed by atoms with Gasteiger partial charge < -0.3 is 4.74 Å². The molecule has 1 unspecified atom stereocenters. The third-order valence-electron chi connectivity index (χ3n) is 4.77. The number of ether oxygens (including phenoxy) is 1. The molecule has 0 N–H and O–H groups in total. The van der Waals surface area contributed by atoms with Crippen LogP contribution < -0.4 is 4.74 Å². The number of fused-ring (bicyclic) bond motifs is 1. The number of carbonyl (C=O) groups excluding carboxylic acids is 1. The summed E-state index contributed by atoms with van der Waals surface area (Å²) < 4.78 is 5.78. The lowest BCUT2D eigenvalue weighted by Gasteiger charge is -2.27. The van der Waals surface area contributed by atoms with E-state index in [1.165, 1.54) is 12.0 Å². The van der Waals surface area contributed by atoms with Gasteiger partial charge in [0.2, 0.25) is 0 Å². The van der Waals surface area contributed by atoms with Crippen LogP contribution in [0.3, 0.4) is 0 Å². The summed E-state index contributed by atoms with van der Waals surface area (Å²) in [5, 5.41) is 0. The standard InChI is InChI=1S/C17H22O2/c1-17(2)10-4-9-14(17)15(18)13-8-3-6-12-7-5-11-19-16(12)13/h3,6,8,14H,4-5,7,9-11H2,1-2H3. The van der Waals surface area contributed by atoms with Crippen molar-refractivity contribution in [2.75, 3.05) is 6.61 Å². The fraction of sp³-hybridized carbons (Fsp3) is 0.588. The molecule has 0 saturated heterocycles. The van der Waals surface area contributed by atoms with Gasteiger partial charge in [-0.1, -0.05) is 32.4 Å². The Labute approximate surface area is 115 Å². The van der Waals surface area contributed by atoms with Crippen LogP contribution in [0, 0.1) is 11.3 Å². The molecule has 0 radical (unpaired) electrons. The summed E-state index contributed by atoms with van der Waals surface area (Å²) in [6.07, 6.45) is 5.43. The van der Waals surface area contributed by atoms with E-state index in [1.807, 2.05) is 12.1 Å². The van der Waals surface area contributed by atoms with Crippen LogP contribution in [0.2, 0.25) is 0 Å². The van der Waals surface area contributed by atoms with Crippen molar-refractivity contribution in [3.63, 3.8) is 0 Å². The molecule has 1 heterocycles. The Morgan fingerprint density at radius 1 is 1.32 bits per heavy atom. The first kappa shape index (κ1) is 12.7. The van der Waals surface area contributed by atoms with Gasteiger partial charge in [0.1, 0.15) is 5.75 Å². The molecule has 19 heavy (non-hydrogen) atoms. The maximum Gasteiger partial charge on any atom is 0.170 e. The summed E-state index contributed by atoms with van der Waals surface area (Å²) in [5.74, 6) is 1.31. The van der Waals surface area contributed by atoms with E-state index in [2.05, 4.69) is 19.9 Å². The summed E-state index contributed by atoms with van der Waals surface area (Å²) >= 11 is 0. The number of hydrogen-bond donors (Lipinski definition) is 0. The van der Waals surface area contributed by atoms with Crippen molar-refractivity contribution < 1.29 is 9.53 Å². The Bertz CT molecular complexity index is 502. The Hall–Kier alpha value is -1.31. The number of carbonyl (C=O) groups is 1. The molecule has 1 aromatic rings. The highest BCUT2D eigenvalue weighted by atomic mass is 16.5. The number of rotatable bonds is 2. The van der Waals surface area contributed by atoms with Gasteiger partial charge in [-0.25, -0.2) is 0 Å². The lowest BCUT2D eigenvalue weighted by molar-refractivity contribution is 0.0834. The molecule has 2 aliphatic rings. The van der Waals surface area contributed by atoms with Crippen molar-refractivity contribution in [1.82, 2.24) is 0 Å². The fourth-order valence-electron chi connectivity index (χ4n) is 3.58. The minimum atomic E-state index is 0.133. The van der Waals surface area contributed by atoms with Crippen LogP contribution in [0.15, 0.2) is 18.2 Å². The normalized spacial score (nSPS) is 24.6. The van der Waals surface area contributed by atoms with Crippen LogP contribution in [-0.2, 0) is 6.42 Å². The minimum Gasteiger partial charge on any atom is -0.493 e. The maximum atomic E-state index is 12.9. The third-order valence-corrected chi connectivity index (χ3v) is 4.77. The lowest BCUT2D eigenvalue weighted by Crippen LogP contribution is -2.27. The first-order chi connectivity index (χ1) is 9.09. The molecule has 3 rings (SSSR count). The van der Waals surface area contributed by atoms with Gasteiger partial charge in [-0.2, -0.15) is 0 Å². The van der Waals surface area contributed by atoms with Crippen molar-refractivity contribution >= 4 is 5.78 Å². The Morgan fingerprint density at radius 2 is 2.16 bits per heavy atom. The first-order valence-electron chi connectivity index (χ1n) is 7.38. The van der Waals surface area contributed by atoms with Crippen molar-refractivity contribution in [2.45, 2.75) is 46.0 Å². The number of hydrogen-bond acceptors (Lipinski definition) is 2. The van der Waals surface area contributed by atoms with E-state index in [0.29, 0.717) is 5.78 Å². The smallest absolute Gasteiger partial charge is 0.170 e. The van der Waals surface area contributed by atoms with Crippen molar-refractivity contribution in [3.05, 3.63) is 29.3 Å². The zero-order chi connectivity index (χ0) is 13.5. The number of benzene rings is 1. The number of ketones is 1. The first-order valence-corrected chi connectivity index (χ1v) is 7.38. The average molecular weight is 258 g/mol. The van der Waals surface area contributed by atoms with Crippen LogP contribution in [0.1, 0.15) is 55.5 Å². The van der Waals surface area contributed by atoms with Crippen molar-refractivity contribution in [3.8, 4) is 5.75 Å². The summed E-state index contributed by atoms with van der Waals surface area (Å²) in [6, 6.07) is 6.04. The summed E-state index contributed by atoms with van der Waals surface area (Å²) in [4.78, 5) is 12.9. The van der Waals surface area contributed by atoms with Gasteiger partial charge in [0, 0.05) is 5.92 Å². The number of aryl methyl sites for hydroxylation is 1. The van der Waals surface area contributed by atoms with E-state index >= 15 is 0 Å². The van der Waals surface area contributed by atoms with Gasteiger partial charge >= 0.3 is 0 Å². The molecular weight excluding hydrogens is 236 g/mol. The SMILES string of the molecule is CC1(C)CCCC1C(=O)c1cccc2c1OCCC2. The molecule has 1 aliphatic heterocycles. The molecule has 1 aromatic carbocycles. The van der Waals surface area contributed by atoms with Gasteiger partial charge in [-0.3, -0.25) is 4.79 Å². The average Bonchev–Trinajstić information content (AvgIpc) is 2.77. The van der Waals surface area contributed by atoms with Gasteiger partial charge in [-0.15, -0.1) is 0 Å². The molecule has 102 valence electrons. The molecule has 0 aromatic heterocycles. The molecular formula is C17H22O2. The van der Waals surface area contributed by atoms with Gasteiger partial charge in [0.25, 0.3) is 0 Å². The zero-order valence-corrected chi connectivity index (χ0v) is 11.9. The Morgan fingerprint density at radius 3 is 2.89 bits per heavy atom. The second kappa shape index (κ2) is 4.66. The zero-order valence-electron chi connectivity index (χ0n) is 11.9. The van der Waals surface area contributed by atoms with E-state index in [4.69, 9.17) is 4.74 Å². The Kier molecular flexibility index (Phi) is 3.12. The molecule has 2 nitrogen and oxygen atoms in total. The molecule has 1 aliphatic carbocycles. The van der Waals surface area contributed by atoms with Crippen molar-refractivity contribution in [2.24, 2.45) is 11.3 Å². The van der Waals surface area contributed by atoms with Crippen LogP contribution in [0.25, 0.3) is 0 Å². The van der Waals surface area contributed by atoms with Crippen LogP contribution >= 0.6 is 0 Å². The van der Waals surface area contributed by atoms with E-state index in [-0.39, 0.29) is 11.3 Å². The predicted octanol–water partition coefficient (Wildman–Crippen LogP) is 4.02. The monoisotopic (exact) mass is 258 g/mol. The summed E-state index contributed by atoms with van der Waals surface area (Å²) in [6.45, 7) is 5.18. The predicted molar refractivity (Wildman–Crippen MR) is 75.7 cm³/mol. The number of para-hydroxylation sites is 1. The quantitative estimate of drug-likeness (QED) is 0.749. The topological polar surface area (TPSA) is 26.3 Å². The lowest BCUT2D eigenvalue weighted by atomic mass is 9.77. The second-order valence-corrected chi connectivity index (χ2v) is 6.54. The van der Waals surface area contributed by atoms with Gasteiger partial charge in [-0.05, 0) is 42.7 Å². The summed E-state index contributed by atoms with van der Waals surface area (Å²) in [7, 11) is 0. The highest BCUT2D eigenvalue weighted by Crippen LogP contribution is 2.45. The molecule has 0 spiro atoms. The van der Waals surface area contributed by atoms with E-state index in [0.717, 1.165) is 43.6 Å². The number of Topliss-reactive ketones (excluding diaryl/α,β-unsaturated/α-hetero) is 1. The third kappa shape index (κ3) is 2.18. The second-order valence-electron chi connectivity index (χ2n) is 6.54. The largest absolute Gasteiger partial charge is 0.493 e. The molecule has 2 heteroatoms. The van der Waals surface area contributed by atoms with E-state index in [9.17, 15) is 4.79 Å². The molecule has 0 bridgehead atoms. The molecule has 1 saturated carbocycles. The van der Waals surface area contributed by atoms with Gasteiger partial charge in [0.05, 0.1) is 12.2 Å². The van der Waals surface area contributed by atoms with Crippen LogP contribution in [0.5, 0.6) is 5.75 Å². The molecule has 1 atom stereocenters. The van der Waals surface area contributed by atoms with Crippen LogP contribution in [0.4, 0.5) is 0 Å². The fourth-order valence-corrected chi connectivity index (χ4v) is 3.58. The van der Waals surface area contributed by atoms with Crippen LogP contribution in [-0.4, -0.2) is 12.4 Å².